The SMILES string of the molecule is Cc1nnn(-c2ccc(F)cc2)c1CC(=O)O. The summed E-state index contributed by atoms with van der Waals surface area (Å²) in [4.78, 5) is 10.7. The second-order valence-corrected chi connectivity index (χ2v) is 3.58. The number of hydrogen-bond donors (Lipinski definition) is 1. The summed E-state index contributed by atoms with van der Waals surface area (Å²) in [6.45, 7) is 1.69. The minimum absolute atomic E-state index is 0.170. The van der Waals surface area contributed by atoms with Crippen LogP contribution < -0.4 is 0 Å². The minimum atomic E-state index is -0.959. The lowest BCUT2D eigenvalue weighted by Crippen LogP contribution is -2.09. The van der Waals surface area contributed by atoms with Crippen LogP contribution in [0.3, 0.4) is 0 Å². The van der Waals surface area contributed by atoms with Gasteiger partial charge in [-0.1, -0.05) is 5.21 Å². The Labute approximate surface area is 96.5 Å². The maximum atomic E-state index is 12.8. The highest BCUT2D eigenvalue weighted by atomic mass is 19.1. The molecule has 5 nitrogen and oxygen atoms in total. The van der Waals surface area contributed by atoms with Gasteiger partial charge in [0.1, 0.15) is 5.82 Å². The number of aromatic nitrogens is 3. The second kappa shape index (κ2) is 4.32. The van der Waals surface area contributed by atoms with Crippen LogP contribution in [-0.2, 0) is 11.2 Å². The molecule has 2 aromatic rings. The number of carboxylic acids is 1. The van der Waals surface area contributed by atoms with E-state index in [1.54, 1.807) is 6.92 Å². The zero-order valence-corrected chi connectivity index (χ0v) is 9.09. The molecular formula is C11H10FN3O2. The van der Waals surface area contributed by atoms with Crippen LogP contribution in [0.25, 0.3) is 5.69 Å². The van der Waals surface area contributed by atoms with Gasteiger partial charge in [-0.15, -0.1) is 5.10 Å². The molecular weight excluding hydrogens is 225 g/mol. The monoisotopic (exact) mass is 235 g/mol. The third kappa shape index (κ3) is 2.30. The van der Waals surface area contributed by atoms with Crippen molar-refractivity contribution in [3.05, 3.63) is 41.5 Å². The van der Waals surface area contributed by atoms with E-state index in [9.17, 15) is 9.18 Å². The molecule has 1 aromatic heterocycles. The van der Waals surface area contributed by atoms with Crippen molar-refractivity contribution < 1.29 is 14.3 Å². The molecule has 88 valence electrons. The van der Waals surface area contributed by atoms with Gasteiger partial charge in [0.25, 0.3) is 0 Å². The van der Waals surface area contributed by atoms with E-state index in [4.69, 9.17) is 5.11 Å². The number of nitrogens with zero attached hydrogens (tertiary/aromatic N) is 3. The number of rotatable bonds is 3. The van der Waals surface area contributed by atoms with Crippen LogP contribution in [0.15, 0.2) is 24.3 Å². The number of carbonyl (C=O) groups is 1. The number of benzene rings is 1. The highest BCUT2D eigenvalue weighted by molar-refractivity contribution is 5.70. The molecule has 0 saturated carbocycles. The molecule has 1 aromatic carbocycles. The van der Waals surface area contributed by atoms with Gasteiger partial charge < -0.3 is 5.11 Å². The van der Waals surface area contributed by atoms with Gasteiger partial charge in [0.05, 0.1) is 23.5 Å². The number of hydrogen-bond acceptors (Lipinski definition) is 3. The fraction of sp³-hybridized carbons (Fsp3) is 0.182. The molecule has 0 amide bonds. The third-order valence-corrected chi connectivity index (χ3v) is 2.35. The number of aryl methyl sites for hydroxylation is 1. The van der Waals surface area contributed by atoms with E-state index in [0.717, 1.165) is 0 Å². The highest BCUT2D eigenvalue weighted by Gasteiger charge is 2.14. The molecule has 0 unspecified atom stereocenters. The van der Waals surface area contributed by atoms with E-state index in [1.165, 1.54) is 28.9 Å². The van der Waals surface area contributed by atoms with Gasteiger partial charge >= 0.3 is 5.97 Å². The molecule has 0 saturated heterocycles. The fourth-order valence-corrected chi connectivity index (χ4v) is 1.51. The van der Waals surface area contributed by atoms with Crippen molar-refractivity contribution >= 4 is 5.97 Å². The zero-order chi connectivity index (χ0) is 12.4. The Morgan fingerprint density at radius 1 is 1.41 bits per heavy atom. The normalized spacial score (nSPS) is 10.5. The Morgan fingerprint density at radius 3 is 2.65 bits per heavy atom. The Kier molecular flexibility index (Phi) is 2.86. The van der Waals surface area contributed by atoms with Crippen molar-refractivity contribution in [2.45, 2.75) is 13.3 Å². The lowest BCUT2D eigenvalue weighted by Gasteiger charge is -2.04. The molecule has 1 heterocycles. The summed E-state index contributed by atoms with van der Waals surface area (Å²) in [5.74, 6) is -1.32. The second-order valence-electron chi connectivity index (χ2n) is 3.58. The average Bonchev–Trinajstić information content (AvgIpc) is 2.61. The number of aliphatic carboxylic acids is 1. The highest BCUT2D eigenvalue weighted by Crippen LogP contribution is 2.13. The van der Waals surface area contributed by atoms with E-state index >= 15 is 0 Å². The Bertz CT molecular complexity index is 548. The van der Waals surface area contributed by atoms with Crippen molar-refractivity contribution in [2.75, 3.05) is 0 Å². The molecule has 6 heteroatoms. The lowest BCUT2D eigenvalue weighted by atomic mass is 10.2. The molecule has 0 radical (unpaired) electrons. The molecule has 0 fully saturated rings. The van der Waals surface area contributed by atoms with E-state index < -0.39 is 5.97 Å². The smallest absolute Gasteiger partial charge is 0.309 e. The molecule has 1 N–H and O–H groups in total. The van der Waals surface area contributed by atoms with Gasteiger partial charge in [0.2, 0.25) is 0 Å². The number of carboxylic acid groups (broad SMARTS) is 1. The van der Waals surface area contributed by atoms with Gasteiger partial charge in [0, 0.05) is 0 Å². The van der Waals surface area contributed by atoms with E-state index in [0.29, 0.717) is 17.1 Å². The summed E-state index contributed by atoms with van der Waals surface area (Å²) in [6, 6.07) is 5.62. The van der Waals surface area contributed by atoms with Crippen LogP contribution in [0, 0.1) is 12.7 Å². The molecule has 0 bridgehead atoms. The first-order chi connectivity index (χ1) is 8.08. The fourth-order valence-electron chi connectivity index (χ4n) is 1.51. The van der Waals surface area contributed by atoms with Crippen molar-refractivity contribution in [1.82, 2.24) is 15.0 Å². The summed E-state index contributed by atoms with van der Waals surface area (Å²) < 4.78 is 14.2. The summed E-state index contributed by atoms with van der Waals surface area (Å²) in [5, 5.41) is 16.5. The van der Waals surface area contributed by atoms with Crippen molar-refractivity contribution in [3.8, 4) is 5.69 Å². The maximum absolute atomic E-state index is 12.8. The predicted molar refractivity (Wildman–Crippen MR) is 57.4 cm³/mol. The van der Waals surface area contributed by atoms with Crippen LogP contribution in [0.2, 0.25) is 0 Å². The third-order valence-electron chi connectivity index (χ3n) is 2.35. The summed E-state index contributed by atoms with van der Waals surface area (Å²) in [5.41, 5.74) is 1.63. The van der Waals surface area contributed by atoms with Gasteiger partial charge in [-0.05, 0) is 31.2 Å². The maximum Gasteiger partial charge on any atom is 0.309 e. The van der Waals surface area contributed by atoms with Gasteiger partial charge in [-0.3, -0.25) is 4.79 Å². The van der Waals surface area contributed by atoms with Gasteiger partial charge in [-0.2, -0.15) is 0 Å². The zero-order valence-electron chi connectivity index (χ0n) is 9.09. The Morgan fingerprint density at radius 2 is 2.06 bits per heavy atom. The molecule has 2 rings (SSSR count). The minimum Gasteiger partial charge on any atom is -0.481 e. The topological polar surface area (TPSA) is 68.0 Å². The summed E-state index contributed by atoms with van der Waals surface area (Å²) in [7, 11) is 0. The average molecular weight is 235 g/mol. The van der Waals surface area contributed by atoms with Crippen molar-refractivity contribution in [1.29, 1.82) is 0 Å². The quantitative estimate of drug-likeness (QED) is 0.871. The number of halogens is 1. The van der Waals surface area contributed by atoms with Crippen LogP contribution in [0.4, 0.5) is 4.39 Å². The molecule has 0 spiro atoms. The predicted octanol–water partition coefficient (Wildman–Crippen LogP) is 1.34. The lowest BCUT2D eigenvalue weighted by molar-refractivity contribution is -0.136. The molecule has 17 heavy (non-hydrogen) atoms. The first-order valence-electron chi connectivity index (χ1n) is 4.97. The van der Waals surface area contributed by atoms with Crippen LogP contribution in [-0.4, -0.2) is 26.1 Å². The van der Waals surface area contributed by atoms with Gasteiger partial charge in [-0.25, -0.2) is 9.07 Å². The molecule has 0 aliphatic carbocycles. The summed E-state index contributed by atoms with van der Waals surface area (Å²) in [6.07, 6.45) is -0.170. The standard InChI is InChI=1S/C11H10FN3O2/c1-7-10(6-11(16)17)15(14-13-7)9-4-2-8(12)3-5-9/h2-5H,6H2,1H3,(H,16,17). The van der Waals surface area contributed by atoms with Crippen molar-refractivity contribution in [3.63, 3.8) is 0 Å². The largest absolute Gasteiger partial charge is 0.481 e. The van der Waals surface area contributed by atoms with Crippen LogP contribution in [0.1, 0.15) is 11.4 Å². The van der Waals surface area contributed by atoms with Gasteiger partial charge in [0.15, 0.2) is 0 Å². The molecule has 0 aliphatic rings. The first-order valence-corrected chi connectivity index (χ1v) is 4.97. The van der Waals surface area contributed by atoms with Crippen LogP contribution >= 0.6 is 0 Å². The molecule has 0 atom stereocenters. The van der Waals surface area contributed by atoms with E-state index in [1.807, 2.05) is 0 Å². The van der Waals surface area contributed by atoms with E-state index in [2.05, 4.69) is 10.3 Å². The van der Waals surface area contributed by atoms with Crippen molar-refractivity contribution in [2.24, 2.45) is 0 Å². The van der Waals surface area contributed by atoms with Crippen LogP contribution in [0.5, 0.6) is 0 Å². The Hall–Kier alpha value is -2.24. The first kappa shape index (κ1) is 11.3. The van der Waals surface area contributed by atoms with E-state index in [-0.39, 0.29) is 12.2 Å². The summed E-state index contributed by atoms with van der Waals surface area (Å²) >= 11 is 0. The molecule has 0 aliphatic heterocycles. The Balaban J connectivity index is 2.45.